The summed E-state index contributed by atoms with van der Waals surface area (Å²) in [6.07, 6.45) is -5.80. The van der Waals surface area contributed by atoms with E-state index in [0.717, 1.165) is 17.0 Å². The Morgan fingerprint density at radius 3 is 2.37 bits per heavy atom. The number of carbonyl (C=O) groups is 4. The van der Waals surface area contributed by atoms with Gasteiger partial charge in [0.25, 0.3) is 24.1 Å². The third kappa shape index (κ3) is 7.88. The maximum absolute atomic E-state index is 14.4. The average Bonchev–Trinajstić information content (AvgIpc) is 2.88. The Balaban J connectivity index is 2.00. The van der Waals surface area contributed by atoms with Crippen LogP contribution >= 0.6 is 0 Å². The van der Waals surface area contributed by atoms with Crippen molar-refractivity contribution >= 4 is 29.5 Å². The van der Waals surface area contributed by atoms with Gasteiger partial charge < -0.3 is 29.5 Å². The van der Waals surface area contributed by atoms with Crippen molar-refractivity contribution in [3.8, 4) is 5.75 Å². The number of benzene rings is 1. The minimum atomic E-state index is -3.25. The SMILES string of the molecule is CC(C)N(C(=O)c1cc2c(cc1C(F)F)OC(C)(C)C(=O)N2CCNC(=O)C(F)F)[C@@H]1CCCN(C(=O)OC(C)(C)C)C1. The highest BCUT2D eigenvalue weighted by atomic mass is 19.3. The first-order valence-electron chi connectivity index (χ1n) is 14.2. The quantitative estimate of drug-likeness (QED) is 0.422. The first-order valence-corrected chi connectivity index (χ1v) is 14.2. The van der Waals surface area contributed by atoms with Gasteiger partial charge in [-0.25, -0.2) is 13.6 Å². The molecule has 1 aromatic rings. The van der Waals surface area contributed by atoms with Crippen LogP contribution in [0.4, 0.5) is 28.0 Å². The normalized spacial score (nSPS) is 18.5. The molecule has 2 aliphatic heterocycles. The molecule has 1 saturated heterocycles. The van der Waals surface area contributed by atoms with Crippen LogP contribution in [0.1, 0.15) is 83.7 Å². The molecular formula is C29H40F4N4O6. The van der Waals surface area contributed by atoms with Crippen molar-refractivity contribution in [3.63, 3.8) is 0 Å². The van der Waals surface area contributed by atoms with Crippen LogP contribution in [0, 0.1) is 0 Å². The lowest BCUT2D eigenvalue weighted by atomic mass is 9.97. The Kier molecular flexibility index (Phi) is 10.2. The number of hydrogen-bond donors (Lipinski definition) is 1. The zero-order valence-corrected chi connectivity index (χ0v) is 25.5. The van der Waals surface area contributed by atoms with Crippen molar-refractivity contribution in [3.05, 3.63) is 23.3 Å². The largest absolute Gasteiger partial charge is 0.476 e. The van der Waals surface area contributed by atoms with Crippen LogP contribution in [0.25, 0.3) is 0 Å². The molecule has 1 N–H and O–H groups in total. The summed E-state index contributed by atoms with van der Waals surface area (Å²) in [5, 5.41) is 2.02. The van der Waals surface area contributed by atoms with E-state index in [9.17, 15) is 36.7 Å². The van der Waals surface area contributed by atoms with E-state index in [0.29, 0.717) is 19.4 Å². The van der Waals surface area contributed by atoms with Crippen LogP contribution in [0.15, 0.2) is 12.1 Å². The molecule has 3 rings (SSSR count). The molecular weight excluding hydrogens is 576 g/mol. The molecule has 0 radical (unpaired) electrons. The maximum atomic E-state index is 14.4. The molecule has 0 aliphatic carbocycles. The van der Waals surface area contributed by atoms with E-state index < -0.39 is 65.5 Å². The van der Waals surface area contributed by atoms with Crippen molar-refractivity contribution in [1.82, 2.24) is 15.1 Å². The zero-order valence-electron chi connectivity index (χ0n) is 25.5. The Morgan fingerprint density at radius 1 is 1.16 bits per heavy atom. The number of ether oxygens (including phenoxy) is 2. The maximum Gasteiger partial charge on any atom is 0.410 e. The van der Waals surface area contributed by atoms with Crippen LogP contribution in [-0.4, -0.2) is 89.5 Å². The van der Waals surface area contributed by atoms with Gasteiger partial charge in [0.05, 0.1) is 17.3 Å². The molecule has 0 spiro atoms. The molecule has 1 atom stereocenters. The summed E-state index contributed by atoms with van der Waals surface area (Å²) < 4.78 is 65.4. The summed E-state index contributed by atoms with van der Waals surface area (Å²) in [7, 11) is 0. The third-order valence-corrected chi connectivity index (χ3v) is 7.08. The highest BCUT2D eigenvalue weighted by Crippen LogP contribution is 2.42. The molecule has 4 amide bonds. The highest BCUT2D eigenvalue weighted by Gasteiger charge is 2.43. The van der Waals surface area contributed by atoms with Gasteiger partial charge in [0.15, 0.2) is 5.60 Å². The predicted molar refractivity (Wildman–Crippen MR) is 150 cm³/mol. The Bertz CT molecular complexity index is 1230. The number of alkyl halides is 4. The molecule has 2 aliphatic rings. The number of likely N-dealkylation sites (tertiary alicyclic amines) is 1. The van der Waals surface area contributed by atoms with E-state index in [1.54, 1.807) is 34.6 Å². The smallest absolute Gasteiger partial charge is 0.410 e. The van der Waals surface area contributed by atoms with Gasteiger partial charge in [0.2, 0.25) is 0 Å². The molecule has 2 heterocycles. The summed E-state index contributed by atoms with van der Waals surface area (Å²) in [6, 6.07) is 1.20. The van der Waals surface area contributed by atoms with E-state index in [2.05, 4.69) is 0 Å². The summed E-state index contributed by atoms with van der Waals surface area (Å²) in [4.78, 5) is 55.5. The lowest BCUT2D eigenvalue weighted by Gasteiger charge is -2.42. The third-order valence-electron chi connectivity index (χ3n) is 7.08. The number of halogens is 4. The van der Waals surface area contributed by atoms with Gasteiger partial charge in [0.1, 0.15) is 11.4 Å². The fourth-order valence-electron chi connectivity index (χ4n) is 5.22. The minimum absolute atomic E-state index is 0.00824. The number of hydrogen-bond acceptors (Lipinski definition) is 6. The van der Waals surface area contributed by atoms with Crippen molar-refractivity contribution in [1.29, 1.82) is 0 Å². The summed E-state index contributed by atoms with van der Waals surface area (Å²) in [5.41, 5.74) is -3.21. The summed E-state index contributed by atoms with van der Waals surface area (Å²) >= 11 is 0. The topological polar surface area (TPSA) is 108 Å². The lowest BCUT2D eigenvalue weighted by Crippen LogP contribution is -2.55. The number of rotatable bonds is 8. The summed E-state index contributed by atoms with van der Waals surface area (Å²) in [6.45, 7) is 11.4. The number of carbonyl (C=O) groups excluding carboxylic acids is 4. The minimum Gasteiger partial charge on any atom is -0.476 e. The monoisotopic (exact) mass is 616 g/mol. The van der Waals surface area contributed by atoms with E-state index in [1.165, 1.54) is 23.6 Å². The standard InChI is InChI=1S/C29H40F4N4O6/c1-16(2)37(17-9-8-11-35(15-17)27(41)43-28(3,4)5)25(39)19-13-20-21(14-18(19)22(30)31)42-29(6,7)26(40)36(20)12-10-34-24(38)23(32)33/h13-14,16-17,22-23H,8-12,15H2,1-7H3,(H,34,38)/t17-/m1/s1. The molecule has 14 heteroatoms. The highest BCUT2D eigenvalue weighted by molar-refractivity contribution is 6.05. The van der Waals surface area contributed by atoms with Gasteiger partial charge in [-0.15, -0.1) is 0 Å². The molecule has 0 bridgehead atoms. The lowest BCUT2D eigenvalue weighted by molar-refractivity contribution is -0.133. The molecule has 43 heavy (non-hydrogen) atoms. The fourth-order valence-corrected chi connectivity index (χ4v) is 5.22. The van der Waals surface area contributed by atoms with Crippen molar-refractivity contribution in [2.75, 3.05) is 31.1 Å². The molecule has 1 fully saturated rings. The molecule has 0 saturated carbocycles. The van der Waals surface area contributed by atoms with Gasteiger partial charge in [-0.1, -0.05) is 0 Å². The van der Waals surface area contributed by atoms with E-state index in [4.69, 9.17) is 9.47 Å². The zero-order chi connectivity index (χ0) is 32.4. The molecule has 10 nitrogen and oxygen atoms in total. The fraction of sp³-hybridized carbons (Fsp3) is 0.655. The van der Waals surface area contributed by atoms with Gasteiger partial charge in [-0.3, -0.25) is 14.4 Å². The summed E-state index contributed by atoms with van der Waals surface area (Å²) in [5.74, 6) is -2.96. The molecule has 1 aromatic carbocycles. The van der Waals surface area contributed by atoms with Crippen molar-refractivity contribution < 1.29 is 46.2 Å². The Morgan fingerprint density at radius 2 is 1.81 bits per heavy atom. The molecule has 240 valence electrons. The van der Waals surface area contributed by atoms with E-state index in [1.807, 2.05) is 5.32 Å². The van der Waals surface area contributed by atoms with Crippen LogP contribution < -0.4 is 15.0 Å². The number of amides is 4. The van der Waals surface area contributed by atoms with Crippen molar-refractivity contribution in [2.45, 2.75) is 97.4 Å². The number of anilines is 1. The van der Waals surface area contributed by atoms with Crippen LogP contribution in [0.5, 0.6) is 5.75 Å². The predicted octanol–water partition coefficient (Wildman–Crippen LogP) is 4.76. The van der Waals surface area contributed by atoms with Gasteiger partial charge in [-0.2, -0.15) is 8.78 Å². The molecule has 0 unspecified atom stereocenters. The van der Waals surface area contributed by atoms with E-state index in [-0.39, 0.29) is 36.6 Å². The second-order valence-corrected chi connectivity index (χ2v) is 12.4. The Hall–Kier alpha value is -3.58. The number of piperidine rings is 1. The first-order chi connectivity index (χ1) is 19.8. The number of nitrogens with zero attached hydrogens (tertiary/aromatic N) is 3. The van der Waals surface area contributed by atoms with E-state index >= 15 is 0 Å². The second kappa shape index (κ2) is 13.0. The average molecular weight is 617 g/mol. The van der Waals surface area contributed by atoms with Crippen molar-refractivity contribution in [2.24, 2.45) is 0 Å². The Labute approximate surface area is 248 Å². The van der Waals surface area contributed by atoms with Crippen LogP contribution in [0.3, 0.4) is 0 Å². The molecule has 0 aromatic heterocycles. The van der Waals surface area contributed by atoms with Gasteiger partial charge in [-0.05, 0) is 73.4 Å². The van der Waals surface area contributed by atoms with Gasteiger partial charge in [0, 0.05) is 37.8 Å². The van der Waals surface area contributed by atoms with Crippen LogP contribution in [-0.2, 0) is 14.3 Å². The number of nitrogens with one attached hydrogen (secondary N) is 1. The first kappa shape index (κ1) is 33.9. The second-order valence-electron chi connectivity index (χ2n) is 12.4. The van der Waals surface area contributed by atoms with Crippen LogP contribution in [0.2, 0.25) is 0 Å². The number of fused-ring (bicyclic) bond motifs is 1. The van der Waals surface area contributed by atoms with Gasteiger partial charge >= 0.3 is 12.5 Å².